The Kier molecular flexibility index (Phi) is 2.88. The second kappa shape index (κ2) is 3.93. The van der Waals surface area contributed by atoms with Crippen LogP contribution in [0.15, 0.2) is 18.2 Å². The van der Waals surface area contributed by atoms with Crippen LogP contribution in [0.25, 0.3) is 0 Å². The average Bonchev–Trinajstić information content (AvgIpc) is 2.16. The molecule has 0 heterocycles. The van der Waals surface area contributed by atoms with E-state index in [9.17, 15) is 10.1 Å². The van der Waals surface area contributed by atoms with Crippen molar-refractivity contribution in [3.63, 3.8) is 0 Å². The van der Waals surface area contributed by atoms with E-state index in [2.05, 4.69) is 5.92 Å². The van der Waals surface area contributed by atoms with E-state index in [-0.39, 0.29) is 11.6 Å². The Labute approximate surface area is 82.9 Å². The topological polar surface area (TPSA) is 43.1 Å². The smallest absolute Gasteiger partial charge is 0.258 e. The molecule has 0 bridgehead atoms. The van der Waals surface area contributed by atoms with E-state index in [4.69, 9.17) is 6.42 Å². The Morgan fingerprint density at radius 1 is 1.50 bits per heavy atom. The van der Waals surface area contributed by atoms with Gasteiger partial charge in [0, 0.05) is 6.07 Å². The molecule has 0 spiro atoms. The summed E-state index contributed by atoms with van der Waals surface area (Å²) < 4.78 is 0. The van der Waals surface area contributed by atoms with Gasteiger partial charge in [-0.25, -0.2) is 0 Å². The lowest BCUT2D eigenvalue weighted by Gasteiger charge is -2.07. The third-order valence-electron chi connectivity index (χ3n) is 2.04. The fourth-order valence-corrected chi connectivity index (χ4v) is 1.35. The predicted molar refractivity (Wildman–Crippen MR) is 55.1 cm³/mol. The van der Waals surface area contributed by atoms with Gasteiger partial charge in [0.2, 0.25) is 0 Å². The first-order valence-corrected chi connectivity index (χ1v) is 4.31. The van der Waals surface area contributed by atoms with Crippen molar-refractivity contribution in [2.45, 2.75) is 19.8 Å². The summed E-state index contributed by atoms with van der Waals surface area (Å²) in [6, 6.07) is 4.92. The van der Waals surface area contributed by atoms with E-state index in [1.54, 1.807) is 6.07 Å². The largest absolute Gasteiger partial charge is 0.285 e. The molecule has 0 aliphatic heterocycles. The van der Waals surface area contributed by atoms with Crippen LogP contribution in [-0.2, 0) is 0 Å². The van der Waals surface area contributed by atoms with Crippen LogP contribution in [0.2, 0.25) is 0 Å². The molecular weight excluding hydrogens is 178 g/mol. The van der Waals surface area contributed by atoms with Crippen molar-refractivity contribution in [2.24, 2.45) is 0 Å². The number of hydrogen-bond donors (Lipinski definition) is 0. The zero-order chi connectivity index (χ0) is 10.7. The molecule has 0 amide bonds. The number of nitro benzene ring substituents is 1. The number of hydrogen-bond acceptors (Lipinski definition) is 2. The van der Waals surface area contributed by atoms with Crippen LogP contribution >= 0.6 is 0 Å². The molecule has 0 unspecified atom stereocenters. The highest BCUT2D eigenvalue weighted by Gasteiger charge is 2.16. The fraction of sp³-hybridized carbons (Fsp3) is 0.273. The van der Waals surface area contributed by atoms with Gasteiger partial charge in [0.05, 0.1) is 4.92 Å². The van der Waals surface area contributed by atoms with Gasteiger partial charge in [-0.3, -0.25) is 10.1 Å². The van der Waals surface area contributed by atoms with Crippen molar-refractivity contribution in [1.29, 1.82) is 0 Å². The summed E-state index contributed by atoms with van der Waals surface area (Å²) >= 11 is 0. The molecule has 14 heavy (non-hydrogen) atoms. The second-order valence-corrected chi connectivity index (χ2v) is 3.30. The number of rotatable bonds is 2. The third-order valence-corrected chi connectivity index (χ3v) is 2.04. The first kappa shape index (κ1) is 10.3. The molecule has 0 N–H and O–H groups in total. The minimum absolute atomic E-state index is 0.0127. The molecule has 72 valence electrons. The summed E-state index contributed by atoms with van der Waals surface area (Å²) in [4.78, 5) is 10.2. The van der Waals surface area contributed by atoms with Crippen molar-refractivity contribution in [2.75, 3.05) is 0 Å². The summed E-state index contributed by atoms with van der Waals surface area (Å²) in [5.41, 5.74) is 1.26. The number of nitro groups is 1. The minimum Gasteiger partial charge on any atom is -0.258 e. The van der Waals surface area contributed by atoms with E-state index in [1.807, 2.05) is 19.9 Å². The maximum atomic E-state index is 10.7. The van der Waals surface area contributed by atoms with E-state index in [1.165, 1.54) is 6.07 Å². The highest BCUT2D eigenvalue weighted by atomic mass is 16.6. The van der Waals surface area contributed by atoms with Crippen molar-refractivity contribution < 1.29 is 4.92 Å². The molecule has 0 aliphatic carbocycles. The third kappa shape index (κ3) is 1.74. The monoisotopic (exact) mass is 189 g/mol. The van der Waals surface area contributed by atoms with E-state index in [0.717, 1.165) is 5.56 Å². The lowest BCUT2D eigenvalue weighted by molar-refractivity contribution is -0.385. The molecule has 3 nitrogen and oxygen atoms in total. The molecule has 0 fully saturated rings. The first-order chi connectivity index (χ1) is 6.57. The van der Waals surface area contributed by atoms with E-state index in [0.29, 0.717) is 5.56 Å². The quantitative estimate of drug-likeness (QED) is 0.408. The summed E-state index contributed by atoms with van der Waals surface area (Å²) in [6.07, 6.45) is 5.27. The highest BCUT2D eigenvalue weighted by molar-refractivity contribution is 5.55. The molecule has 0 saturated carbocycles. The SMILES string of the molecule is C#Cc1c(C(C)C)cccc1[N+](=O)[O-]. The first-order valence-electron chi connectivity index (χ1n) is 4.31. The molecule has 3 heteroatoms. The van der Waals surface area contributed by atoms with Crippen molar-refractivity contribution in [1.82, 2.24) is 0 Å². The summed E-state index contributed by atoms with van der Waals surface area (Å²) in [7, 11) is 0. The predicted octanol–water partition coefficient (Wildman–Crippen LogP) is 2.70. The maximum absolute atomic E-state index is 10.7. The van der Waals surface area contributed by atoms with Gasteiger partial charge in [-0.05, 0) is 11.5 Å². The van der Waals surface area contributed by atoms with Crippen LogP contribution in [0.3, 0.4) is 0 Å². The average molecular weight is 189 g/mol. The molecule has 1 aromatic rings. The molecular formula is C11H11NO2. The highest BCUT2D eigenvalue weighted by Crippen LogP contribution is 2.26. The zero-order valence-corrected chi connectivity index (χ0v) is 8.15. The van der Waals surface area contributed by atoms with Gasteiger partial charge in [0.15, 0.2) is 0 Å². The van der Waals surface area contributed by atoms with Gasteiger partial charge in [-0.2, -0.15) is 0 Å². The molecule has 1 aromatic carbocycles. The zero-order valence-electron chi connectivity index (χ0n) is 8.15. The van der Waals surface area contributed by atoms with Crippen molar-refractivity contribution >= 4 is 5.69 Å². The normalized spacial score (nSPS) is 9.86. The Bertz CT molecular complexity index is 402. The standard InChI is InChI=1S/C11H11NO2/c1-4-9-10(8(2)3)6-5-7-11(9)12(13)14/h1,5-8H,2-3H3. The molecule has 1 rings (SSSR count). The molecule has 0 radical (unpaired) electrons. The minimum atomic E-state index is -0.443. The van der Waals surface area contributed by atoms with Gasteiger partial charge < -0.3 is 0 Å². The van der Waals surface area contributed by atoms with Crippen LogP contribution in [0.5, 0.6) is 0 Å². The second-order valence-electron chi connectivity index (χ2n) is 3.30. The Morgan fingerprint density at radius 2 is 2.14 bits per heavy atom. The number of nitrogens with zero attached hydrogens (tertiary/aromatic N) is 1. The van der Waals surface area contributed by atoms with Gasteiger partial charge in [0.25, 0.3) is 5.69 Å². The summed E-state index contributed by atoms with van der Waals surface area (Å²) in [5, 5.41) is 10.7. The van der Waals surface area contributed by atoms with Crippen molar-refractivity contribution in [3.05, 3.63) is 39.4 Å². The van der Waals surface area contributed by atoms with Crippen LogP contribution in [0, 0.1) is 22.5 Å². The Hall–Kier alpha value is -1.82. The van der Waals surface area contributed by atoms with Gasteiger partial charge >= 0.3 is 0 Å². The van der Waals surface area contributed by atoms with E-state index >= 15 is 0 Å². The number of terminal acetylenes is 1. The van der Waals surface area contributed by atoms with Gasteiger partial charge in [0.1, 0.15) is 5.56 Å². The van der Waals surface area contributed by atoms with Crippen LogP contribution in [0.4, 0.5) is 5.69 Å². The van der Waals surface area contributed by atoms with Crippen LogP contribution in [0.1, 0.15) is 30.9 Å². The lowest BCUT2D eigenvalue weighted by atomic mass is 9.96. The lowest BCUT2D eigenvalue weighted by Crippen LogP contribution is -1.98. The number of benzene rings is 1. The fourth-order valence-electron chi connectivity index (χ4n) is 1.35. The van der Waals surface area contributed by atoms with Gasteiger partial charge in [-0.15, -0.1) is 6.42 Å². The van der Waals surface area contributed by atoms with Gasteiger partial charge in [-0.1, -0.05) is 31.9 Å². The van der Waals surface area contributed by atoms with Crippen molar-refractivity contribution in [3.8, 4) is 12.3 Å². The summed E-state index contributed by atoms with van der Waals surface area (Å²) in [5.74, 6) is 2.58. The summed E-state index contributed by atoms with van der Waals surface area (Å²) in [6.45, 7) is 3.92. The van der Waals surface area contributed by atoms with E-state index < -0.39 is 4.92 Å². The molecule has 0 aromatic heterocycles. The maximum Gasteiger partial charge on any atom is 0.285 e. The Balaban J connectivity index is 3.42. The molecule has 0 aliphatic rings. The molecule has 0 saturated heterocycles. The van der Waals surface area contributed by atoms with Crippen LogP contribution < -0.4 is 0 Å². The Morgan fingerprint density at radius 3 is 2.57 bits per heavy atom. The van der Waals surface area contributed by atoms with Crippen LogP contribution in [-0.4, -0.2) is 4.92 Å². The molecule has 0 atom stereocenters.